The van der Waals surface area contributed by atoms with Gasteiger partial charge in [0.25, 0.3) is 0 Å². The van der Waals surface area contributed by atoms with Crippen molar-refractivity contribution in [3.05, 3.63) is 0 Å². The van der Waals surface area contributed by atoms with Crippen molar-refractivity contribution in [2.75, 3.05) is 13.1 Å². The molecule has 0 aromatic carbocycles. The molecule has 0 saturated heterocycles. The van der Waals surface area contributed by atoms with E-state index in [0.717, 1.165) is 0 Å². The van der Waals surface area contributed by atoms with E-state index < -0.39 is 36.9 Å². The van der Waals surface area contributed by atoms with Crippen molar-refractivity contribution >= 4 is 5.91 Å². The molecule has 1 amide bonds. The Labute approximate surface area is 92.5 Å². The normalized spacial score (nSPS) is 18.9. The second kappa shape index (κ2) is 4.35. The highest BCUT2D eigenvalue weighted by molar-refractivity contribution is 5.78. The third kappa shape index (κ3) is 4.06. The summed E-state index contributed by atoms with van der Waals surface area (Å²) in [5, 5.41) is 3.42. The molecule has 3 nitrogen and oxygen atoms in total. The van der Waals surface area contributed by atoms with Gasteiger partial charge in [-0.25, -0.2) is 0 Å². The number of halogens is 6. The van der Waals surface area contributed by atoms with Gasteiger partial charge in [-0.2, -0.15) is 26.3 Å². The van der Waals surface area contributed by atoms with E-state index in [1.807, 2.05) is 5.32 Å². The molecule has 0 aromatic heterocycles. The van der Waals surface area contributed by atoms with Gasteiger partial charge < -0.3 is 5.32 Å². The standard InChI is InChI=1S/C8H10F6N2O/c9-7(10,11)4-15-5(17)3-16-6(1-2-6)8(12,13)14/h16H,1-4H2,(H,15,17). The van der Waals surface area contributed by atoms with Gasteiger partial charge in [0.15, 0.2) is 0 Å². The average Bonchev–Trinajstić information content (AvgIpc) is 2.90. The molecule has 1 aliphatic carbocycles. The van der Waals surface area contributed by atoms with E-state index in [1.165, 1.54) is 5.32 Å². The van der Waals surface area contributed by atoms with Gasteiger partial charge in [0, 0.05) is 0 Å². The summed E-state index contributed by atoms with van der Waals surface area (Å²) in [6.07, 6.45) is -9.39. The maximum atomic E-state index is 12.3. The lowest BCUT2D eigenvalue weighted by Crippen LogP contribution is -2.49. The van der Waals surface area contributed by atoms with E-state index in [9.17, 15) is 31.1 Å². The molecule has 1 fully saturated rings. The lowest BCUT2D eigenvalue weighted by Gasteiger charge is -2.20. The second-order valence-electron chi connectivity index (χ2n) is 3.83. The van der Waals surface area contributed by atoms with E-state index in [-0.39, 0.29) is 12.8 Å². The van der Waals surface area contributed by atoms with Crippen LogP contribution in [0.15, 0.2) is 0 Å². The molecule has 100 valence electrons. The number of rotatable bonds is 4. The third-order valence-corrected chi connectivity index (χ3v) is 2.37. The smallest absolute Gasteiger partial charge is 0.346 e. The first kappa shape index (κ1) is 14.1. The van der Waals surface area contributed by atoms with Crippen LogP contribution in [0.25, 0.3) is 0 Å². The zero-order chi connectivity index (χ0) is 13.3. The van der Waals surface area contributed by atoms with Crippen molar-refractivity contribution in [3.8, 4) is 0 Å². The molecule has 17 heavy (non-hydrogen) atoms. The van der Waals surface area contributed by atoms with Crippen molar-refractivity contribution in [1.82, 2.24) is 10.6 Å². The molecule has 0 bridgehead atoms. The SMILES string of the molecule is O=C(CNC1(C(F)(F)F)CC1)NCC(F)(F)F. The van der Waals surface area contributed by atoms with E-state index in [0.29, 0.717) is 0 Å². The van der Waals surface area contributed by atoms with Gasteiger partial charge in [0.2, 0.25) is 5.91 Å². The molecule has 9 heteroatoms. The fraction of sp³-hybridized carbons (Fsp3) is 0.875. The van der Waals surface area contributed by atoms with Crippen LogP contribution in [0.5, 0.6) is 0 Å². The van der Waals surface area contributed by atoms with Crippen molar-refractivity contribution in [2.45, 2.75) is 30.7 Å². The molecule has 0 unspecified atom stereocenters. The number of alkyl halides is 6. The van der Waals surface area contributed by atoms with Crippen LogP contribution in [0.4, 0.5) is 26.3 Å². The third-order valence-electron chi connectivity index (χ3n) is 2.37. The van der Waals surface area contributed by atoms with E-state index in [4.69, 9.17) is 0 Å². The van der Waals surface area contributed by atoms with Crippen molar-refractivity contribution in [1.29, 1.82) is 0 Å². The maximum absolute atomic E-state index is 12.3. The molecule has 0 heterocycles. The van der Waals surface area contributed by atoms with E-state index in [2.05, 4.69) is 0 Å². The van der Waals surface area contributed by atoms with Gasteiger partial charge in [0.05, 0.1) is 6.54 Å². The van der Waals surface area contributed by atoms with Crippen LogP contribution in [0.3, 0.4) is 0 Å². The summed E-state index contributed by atoms with van der Waals surface area (Å²) in [6, 6.07) is 0. The summed E-state index contributed by atoms with van der Waals surface area (Å²) >= 11 is 0. The molecule has 2 N–H and O–H groups in total. The molecule has 1 rings (SSSR count). The lowest BCUT2D eigenvalue weighted by molar-refractivity contribution is -0.166. The van der Waals surface area contributed by atoms with Gasteiger partial charge in [-0.1, -0.05) is 0 Å². The summed E-state index contributed by atoms with van der Waals surface area (Å²) in [7, 11) is 0. The minimum atomic E-state index is -4.57. The van der Waals surface area contributed by atoms with Crippen LogP contribution in [-0.2, 0) is 4.79 Å². The van der Waals surface area contributed by atoms with E-state index >= 15 is 0 Å². The number of carbonyl (C=O) groups excluding carboxylic acids is 1. The highest BCUT2D eigenvalue weighted by atomic mass is 19.4. The first-order valence-corrected chi connectivity index (χ1v) is 4.71. The van der Waals surface area contributed by atoms with Crippen molar-refractivity contribution in [3.63, 3.8) is 0 Å². The van der Waals surface area contributed by atoms with Gasteiger partial charge in [-0.05, 0) is 12.8 Å². The fourth-order valence-electron chi connectivity index (χ4n) is 1.20. The predicted octanol–water partition coefficient (Wildman–Crippen LogP) is 1.35. The Morgan fingerprint density at radius 1 is 1.12 bits per heavy atom. The Morgan fingerprint density at radius 3 is 2.00 bits per heavy atom. The zero-order valence-electron chi connectivity index (χ0n) is 8.50. The van der Waals surface area contributed by atoms with Gasteiger partial charge >= 0.3 is 12.4 Å². The van der Waals surface area contributed by atoms with Crippen LogP contribution in [0, 0.1) is 0 Å². The summed E-state index contributed by atoms with van der Waals surface area (Å²) in [5.41, 5.74) is -2.09. The number of carbonyl (C=O) groups is 1. The Kier molecular flexibility index (Phi) is 3.60. The van der Waals surface area contributed by atoms with Crippen LogP contribution in [0.1, 0.15) is 12.8 Å². The molecule has 0 aromatic rings. The molecule has 1 saturated carbocycles. The average molecular weight is 264 g/mol. The van der Waals surface area contributed by atoms with Gasteiger partial charge in [-0.15, -0.1) is 0 Å². The zero-order valence-corrected chi connectivity index (χ0v) is 8.50. The topological polar surface area (TPSA) is 41.1 Å². The number of nitrogens with one attached hydrogen (secondary N) is 2. The highest BCUT2D eigenvalue weighted by Crippen LogP contribution is 2.48. The maximum Gasteiger partial charge on any atom is 0.406 e. The molecule has 1 aliphatic rings. The van der Waals surface area contributed by atoms with Gasteiger partial charge in [-0.3, -0.25) is 10.1 Å². The summed E-state index contributed by atoms with van der Waals surface area (Å²) in [5.74, 6) is -1.11. The van der Waals surface area contributed by atoms with E-state index in [1.54, 1.807) is 0 Å². The number of hydrogen-bond donors (Lipinski definition) is 2. The summed E-state index contributed by atoms with van der Waals surface area (Å²) in [4.78, 5) is 10.9. The van der Waals surface area contributed by atoms with Crippen LogP contribution < -0.4 is 10.6 Å². The molecular weight excluding hydrogens is 254 g/mol. The summed E-state index contributed by atoms with van der Waals surface area (Å²) in [6.45, 7) is -2.33. The molecule has 0 spiro atoms. The largest absolute Gasteiger partial charge is 0.406 e. The highest BCUT2D eigenvalue weighted by Gasteiger charge is 2.63. The second-order valence-corrected chi connectivity index (χ2v) is 3.83. The minimum absolute atomic E-state index is 0.164. The molecule has 0 aliphatic heterocycles. The van der Waals surface area contributed by atoms with Crippen LogP contribution >= 0.6 is 0 Å². The number of amides is 1. The van der Waals surface area contributed by atoms with Crippen molar-refractivity contribution in [2.24, 2.45) is 0 Å². The van der Waals surface area contributed by atoms with Crippen LogP contribution in [0.2, 0.25) is 0 Å². The predicted molar refractivity (Wildman–Crippen MR) is 45.1 cm³/mol. The Bertz CT molecular complexity index is 293. The first-order valence-electron chi connectivity index (χ1n) is 4.71. The lowest BCUT2D eigenvalue weighted by atomic mass is 10.2. The number of hydrogen-bond acceptors (Lipinski definition) is 2. The fourth-order valence-corrected chi connectivity index (χ4v) is 1.20. The minimum Gasteiger partial charge on any atom is -0.346 e. The van der Waals surface area contributed by atoms with Gasteiger partial charge in [0.1, 0.15) is 12.1 Å². The summed E-state index contributed by atoms with van der Waals surface area (Å²) < 4.78 is 72.1. The molecular formula is C8H10F6N2O. The quantitative estimate of drug-likeness (QED) is 0.752. The molecule has 0 atom stereocenters. The van der Waals surface area contributed by atoms with Crippen LogP contribution in [-0.4, -0.2) is 36.9 Å². The monoisotopic (exact) mass is 264 g/mol. The Balaban J connectivity index is 2.30. The van der Waals surface area contributed by atoms with Crippen molar-refractivity contribution < 1.29 is 31.1 Å². The Hall–Kier alpha value is -0.990. The Morgan fingerprint density at radius 2 is 1.65 bits per heavy atom. The first-order chi connectivity index (χ1) is 7.56. The molecule has 0 radical (unpaired) electrons.